The number of primary amides is 1. The number of nitrogens with zero attached hydrogens (tertiary/aromatic N) is 1. The quantitative estimate of drug-likeness (QED) is 0.458. The number of carbonyl (C=O) groups excluding carboxylic acids is 1. The van der Waals surface area contributed by atoms with E-state index in [4.69, 9.17) is 10.1 Å². The molecule has 0 aliphatic rings. The molecule has 5 nitrogen and oxygen atoms in total. The molecule has 0 saturated carbocycles. The van der Waals surface area contributed by atoms with Gasteiger partial charge in [-0.25, -0.2) is 5.73 Å². The topological polar surface area (TPSA) is 80.5 Å². The van der Waals surface area contributed by atoms with E-state index in [1.807, 2.05) is 0 Å². The minimum absolute atomic E-state index is 0.00435. The summed E-state index contributed by atoms with van der Waals surface area (Å²) < 4.78 is 4.71. The van der Waals surface area contributed by atoms with E-state index < -0.39 is 6.03 Å². The van der Waals surface area contributed by atoms with Crippen LogP contribution in [0.4, 0.5) is 4.79 Å². The number of hydrogen-bond acceptors (Lipinski definition) is 3. The Morgan fingerprint density at radius 3 is 2.91 bits per heavy atom. The molecule has 11 heavy (non-hydrogen) atoms. The fraction of sp³-hybridized carbons (Fsp3) is 0.500. The van der Waals surface area contributed by atoms with Gasteiger partial charge < -0.3 is 4.74 Å². The van der Waals surface area contributed by atoms with Gasteiger partial charge in [0, 0.05) is 6.42 Å². The molecule has 0 spiro atoms. The number of carbonyl (C=O) groups is 1. The molecule has 3 N–H and O–H groups in total. The van der Waals surface area contributed by atoms with Gasteiger partial charge in [0.25, 0.3) is 0 Å². The van der Waals surface area contributed by atoms with E-state index in [1.54, 1.807) is 6.92 Å². The third-order valence-electron chi connectivity index (χ3n) is 0.821. The Morgan fingerprint density at radius 1 is 1.82 bits per heavy atom. The van der Waals surface area contributed by atoms with Gasteiger partial charge in [-0.1, -0.05) is 6.92 Å². The average Bonchev–Trinajstić information content (AvgIpc) is 1.97. The molecule has 2 amide bonds. The smallest absolute Gasteiger partial charge is 0.464 e. The fourth-order valence-electron chi connectivity index (χ4n) is 0.332. The van der Waals surface area contributed by atoms with Gasteiger partial charge in [0.05, 0.1) is 0 Å². The molecular formula is C6H10N3O2+. The van der Waals surface area contributed by atoms with Crippen LogP contribution in [0.5, 0.6) is 0 Å². The number of amides is 2. The Morgan fingerprint density at radius 2 is 2.45 bits per heavy atom. The summed E-state index contributed by atoms with van der Waals surface area (Å²) in [6.45, 7) is 1.78. The van der Waals surface area contributed by atoms with Gasteiger partial charge in [-0.05, 0) is 0 Å². The summed E-state index contributed by atoms with van der Waals surface area (Å²) in [6, 6.07) is 1.43. The highest BCUT2D eigenvalue weighted by atomic mass is 16.5. The maximum absolute atomic E-state index is 10.00. The van der Waals surface area contributed by atoms with Gasteiger partial charge in [-0.3, -0.25) is 5.41 Å². The molecule has 0 aromatic heterocycles. The molecule has 0 bridgehead atoms. The van der Waals surface area contributed by atoms with E-state index >= 15 is 0 Å². The highest BCUT2D eigenvalue weighted by Gasteiger charge is 1.95. The first-order valence-electron chi connectivity index (χ1n) is 3.10. The summed E-state index contributed by atoms with van der Waals surface area (Å²) in [7, 11) is 0. The van der Waals surface area contributed by atoms with Crippen molar-refractivity contribution in [1.29, 1.82) is 5.41 Å². The van der Waals surface area contributed by atoms with Crippen molar-refractivity contribution < 1.29 is 9.53 Å². The van der Waals surface area contributed by atoms with Gasteiger partial charge in [0.15, 0.2) is 12.5 Å². The van der Waals surface area contributed by atoms with Gasteiger partial charge in [-0.2, -0.15) is 4.79 Å². The number of rotatable bonds is 2. The third kappa shape index (κ3) is 6.31. The Balaban J connectivity index is 3.51. The standard InChI is InChI=1S/C6H9N3O2/c1-2-5(7)11-4-3-9-6(8)10/h7H,2,4H2,1H3,(H-,8,10)/p+1. The van der Waals surface area contributed by atoms with Crippen LogP contribution in [0.2, 0.25) is 0 Å². The predicted molar refractivity (Wildman–Crippen MR) is 40.8 cm³/mol. The van der Waals surface area contributed by atoms with E-state index in [-0.39, 0.29) is 12.5 Å². The first-order chi connectivity index (χ1) is 5.16. The zero-order valence-electron chi connectivity index (χ0n) is 6.26. The van der Waals surface area contributed by atoms with Gasteiger partial charge in [0.1, 0.15) is 0 Å². The van der Waals surface area contributed by atoms with E-state index in [0.717, 1.165) is 0 Å². The monoisotopic (exact) mass is 156 g/mol. The highest BCUT2D eigenvalue weighted by molar-refractivity contribution is 5.83. The molecule has 0 heterocycles. The largest absolute Gasteiger partial charge is 0.595 e. The third-order valence-corrected chi connectivity index (χ3v) is 0.821. The number of urea groups is 1. The van der Waals surface area contributed by atoms with Crippen LogP contribution < -0.4 is 5.73 Å². The van der Waals surface area contributed by atoms with Crippen LogP contribution >= 0.6 is 0 Å². The number of ether oxygens (including phenoxy) is 1. The van der Waals surface area contributed by atoms with Gasteiger partial charge in [0.2, 0.25) is 6.07 Å². The molecule has 0 aliphatic carbocycles. The summed E-state index contributed by atoms with van der Waals surface area (Å²) in [6.07, 6.45) is 0.512. The van der Waals surface area contributed by atoms with Crippen molar-refractivity contribution in [2.45, 2.75) is 13.3 Å². The van der Waals surface area contributed by atoms with E-state index in [2.05, 4.69) is 16.6 Å². The average molecular weight is 156 g/mol. The van der Waals surface area contributed by atoms with E-state index in [9.17, 15) is 4.79 Å². The molecule has 60 valence electrons. The molecule has 5 heteroatoms. The van der Waals surface area contributed by atoms with Crippen LogP contribution in [0.1, 0.15) is 13.3 Å². The Bertz CT molecular complexity index is 214. The van der Waals surface area contributed by atoms with E-state index in [1.165, 1.54) is 0 Å². The minimum atomic E-state index is -0.809. The zero-order valence-corrected chi connectivity index (χ0v) is 6.26. The van der Waals surface area contributed by atoms with Crippen LogP contribution in [0.3, 0.4) is 0 Å². The van der Waals surface area contributed by atoms with Crippen LogP contribution in [0.15, 0.2) is 0 Å². The van der Waals surface area contributed by atoms with Crippen LogP contribution in [-0.2, 0) is 4.74 Å². The summed E-state index contributed by atoms with van der Waals surface area (Å²) in [5, 5.41) is 7.00. The lowest BCUT2D eigenvalue weighted by molar-refractivity contribution is 0.261. The predicted octanol–water partition coefficient (Wildman–Crippen LogP) is 0.802. The van der Waals surface area contributed by atoms with Crippen LogP contribution in [-0.4, -0.2) is 18.5 Å². The molecule has 0 aromatic carbocycles. The second-order valence-corrected chi connectivity index (χ2v) is 1.67. The lowest BCUT2D eigenvalue weighted by atomic mass is 10.5. The Labute approximate surface area is 64.5 Å². The number of hydrogen-bond donors (Lipinski definition) is 2. The van der Waals surface area contributed by atoms with Crippen molar-refractivity contribution in [2.75, 3.05) is 6.61 Å². The molecule has 0 fully saturated rings. The van der Waals surface area contributed by atoms with Crippen LogP contribution in [0, 0.1) is 11.5 Å². The SMILES string of the molecule is CCC(=N)OCC#[N+]C(N)=O. The summed E-state index contributed by atoms with van der Waals surface area (Å²) in [5.74, 6) is 0.136. The molecule has 0 aromatic rings. The van der Waals surface area contributed by atoms with Crippen LogP contribution in [0.25, 0.3) is 4.85 Å². The molecular weight excluding hydrogens is 146 g/mol. The second kappa shape index (κ2) is 5.23. The van der Waals surface area contributed by atoms with E-state index in [0.29, 0.717) is 6.42 Å². The maximum Gasteiger partial charge on any atom is 0.595 e. The van der Waals surface area contributed by atoms with Crippen molar-refractivity contribution in [2.24, 2.45) is 5.73 Å². The Kier molecular flexibility index (Phi) is 4.49. The lowest BCUT2D eigenvalue weighted by Gasteiger charge is -1.95. The van der Waals surface area contributed by atoms with Crippen molar-refractivity contribution in [3.8, 4) is 6.07 Å². The number of nitrogens with one attached hydrogen (secondary N) is 1. The first-order valence-corrected chi connectivity index (χ1v) is 3.10. The van der Waals surface area contributed by atoms with Gasteiger partial charge >= 0.3 is 6.03 Å². The van der Waals surface area contributed by atoms with Crippen molar-refractivity contribution in [3.63, 3.8) is 0 Å². The first kappa shape index (κ1) is 9.43. The fourth-order valence-corrected chi connectivity index (χ4v) is 0.332. The molecule has 0 unspecified atom stereocenters. The molecule has 0 atom stereocenters. The lowest BCUT2D eigenvalue weighted by Crippen LogP contribution is -2.03. The zero-order chi connectivity index (χ0) is 8.69. The molecule has 0 rings (SSSR count). The minimum Gasteiger partial charge on any atom is -0.464 e. The Hall–Kier alpha value is -1.57. The van der Waals surface area contributed by atoms with Crippen molar-refractivity contribution >= 4 is 11.9 Å². The molecule has 0 radical (unpaired) electrons. The maximum atomic E-state index is 10.00. The second-order valence-electron chi connectivity index (χ2n) is 1.67. The summed E-state index contributed by atoms with van der Waals surface area (Å²) in [4.78, 5) is 13.1. The van der Waals surface area contributed by atoms with Gasteiger partial charge in [-0.15, -0.1) is 4.85 Å². The van der Waals surface area contributed by atoms with Crippen molar-refractivity contribution in [3.05, 3.63) is 4.85 Å². The summed E-state index contributed by atoms with van der Waals surface area (Å²) in [5.41, 5.74) is 4.66. The molecule has 0 aliphatic heterocycles. The van der Waals surface area contributed by atoms with Crippen molar-refractivity contribution in [1.82, 2.24) is 0 Å². The molecule has 0 saturated heterocycles. The number of nitrogens with two attached hydrogens (primary N) is 1. The summed E-state index contributed by atoms with van der Waals surface area (Å²) >= 11 is 0. The highest BCUT2D eigenvalue weighted by Crippen LogP contribution is 1.83. The normalized spacial score (nSPS) is 7.73.